The van der Waals surface area contributed by atoms with Crippen LogP contribution in [0.3, 0.4) is 0 Å². The highest BCUT2D eigenvalue weighted by atomic mass is 79.9. The molecule has 2 rings (SSSR count). The molecule has 0 aliphatic heterocycles. The largest absolute Gasteiger partial charge is 0.385 e. The summed E-state index contributed by atoms with van der Waals surface area (Å²) in [6, 6.07) is 7.86. The first kappa shape index (κ1) is 13.7. The van der Waals surface area contributed by atoms with Gasteiger partial charge in [0.05, 0.1) is 10.6 Å². The summed E-state index contributed by atoms with van der Waals surface area (Å²) in [5.74, 6) is 0. The van der Waals surface area contributed by atoms with E-state index in [9.17, 15) is 5.11 Å². The molecule has 1 heterocycles. The normalized spacial score (nSPS) is 14.4. The SMILES string of the molecule is CCC(O)(Cc1nc(C)cs1)c1cccc(Br)c1. The Labute approximate surface area is 120 Å². The van der Waals surface area contributed by atoms with Gasteiger partial charge in [-0.05, 0) is 31.0 Å². The summed E-state index contributed by atoms with van der Waals surface area (Å²) in [5, 5.41) is 13.8. The number of nitrogens with zero attached hydrogens (tertiary/aromatic N) is 1. The maximum Gasteiger partial charge on any atom is 0.0960 e. The van der Waals surface area contributed by atoms with Crippen LogP contribution in [0.2, 0.25) is 0 Å². The third-order valence-electron chi connectivity index (χ3n) is 3.06. The molecule has 2 nitrogen and oxygen atoms in total. The lowest BCUT2D eigenvalue weighted by atomic mass is 9.88. The van der Waals surface area contributed by atoms with Crippen LogP contribution in [-0.4, -0.2) is 10.1 Å². The van der Waals surface area contributed by atoms with E-state index in [4.69, 9.17) is 0 Å². The number of rotatable bonds is 4. The zero-order valence-electron chi connectivity index (χ0n) is 10.5. The molecule has 1 atom stereocenters. The number of halogens is 1. The Morgan fingerprint density at radius 3 is 2.78 bits per heavy atom. The highest BCUT2D eigenvalue weighted by Crippen LogP contribution is 2.31. The van der Waals surface area contributed by atoms with Crippen molar-refractivity contribution < 1.29 is 5.11 Å². The van der Waals surface area contributed by atoms with Gasteiger partial charge in [0, 0.05) is 22.0 Å². The molecule has 1 N–H and O–H groups in total. The lowest BCUT2D eigenvalue weighted by Gasteiger charge is -2.26. The van der Waals surface area contributed by atoms with Crippen molar-refractivity contribution in [1.29, 1.82) is 0 Å². The standard InChI is InChI=1S/C14H16BrNOS/c1-3-14(17,8-13-16-10(2)9-18-13)11-5-4-6-12(15)7-11/h4-7,9,17H,3,8H2,1-2H3. The van der Waals surface area contributed by atoms with Gasteiger partial charge in [-0.15, -0.1) is 11.3 Å². The fourth-order valence-corrected chi connectivity index (χ4v) is 3.22. The Hall–Kier alpha value is -0.710. The smallest absolute Gasteiger partial charge is 0.0960 e. The zero-order valence-corrected chi connectivity index (χ0v) is 12.9. The van der Waals surface area contributed by atoms with E-state index in [1.165, 1.54) is 0 Å². The highest BCUT2D eigenvalue weighted by Gasteiger charge is 2.28. The van der Waals surface area contributed by atoms with Crippen molar-refractivity contribution in [1.82, 2.24) is 4.98 Å². The van der Waals surface area contributed by atoms with E-state index in [0.29, 0.717) is 12.8 Å². The van der Waals surface area contributed by atoms with E-state index in [-0.39, 0.29) is 0 Å². The molecule has 96 valence electrons. The number of hydrogen-bond acceptors (Lipinski definition) is 3. The van der Waals surface area contributed by atoms with Gasteiger partial charge in [0.25, 0.3) is 0 Å². The number of aromatic nitrogens is 1. The molecule has 0 radical (unpaired) electrons. The molecule has 0 amide bonds. The Kier molecular flexibility index (Phi) is 4.20. The third-order valence-corrected chi connectivity index (χ3v) is 4.52. The van der Waals surface area contributed by atoms with Crippen LogP contribution in [0.1, 0.15) is 29.6 Å². The van der Waals surface area contributed by atoms with Crippen LogP contribution in [-0.2, 0) is 12.0 Å². The molecule has 0 bridgehead atoms. The van der Waals surface area contributed by atoms with Crippen molar-refractivity contribution in [3.05, 3.63) is 50.4 Å². The van der Waals surface area contributed by atoms with Crippen LogP contribution < -0.4 is 0 Å². The maximum absolute atomic E-state index is 10.8. The first-order chi connectivity index (χ1) is 8.53. The second-order valence-corrected chi connectivity index (χ2v) is 6.31. The van der Waals surface area contributed by atoms with E-state index < -0.39 is 5.60 Å². The molecular weight excluding hydrogens is 310 g/mol. The van der Waals surface area contributed by atoms with Crippen molar-refractivity contribution in [3.8, 4) is 0 Å². The van der Waals surface area contributed by atoms with Crippen LogP contribution >= 0.6 is 27.3 Å². The van der Waals surface area contributed by atoms with Gasteiger partial charge in [0.15, 0.2) is 0 Å². The summed E-state index contributed by atoms with van der Waals surface area (Å²) in [6.07, 6.45) is 1.24. The molecular formula is C14H16BrNOS. The van der Waals surface area contributed by atoms with Crippen molar-refractivity contribution in [2.75, 3.05) is 0 Å². The minimum atomic E-state index is -0.839. The summed E-state index contributed by atoms with van der Waals surface area (Å²) in [7, 11) is 0. The van der Waals surface area contributed by atoms with E-state index in [1.807, 2.05) is 43.5 Å². The van der Waals surface area contributed by atoms with Gasteiger partial charge in [0.2, 0.25) is 0 Å². The number of benzene rings is 1. The molecule has 2 aromatic rings. The number of hydrogen-bond donors (Lipinski definition) is 1. The predicted molar refractivity (Wildman–Crippen MR) is 78.9 cm³/mol. The molecule has 1 unspecified atom stereocenters. The first-order valence-electron chi connectivity index (χ1n) is 5.93. The van der Waals surface area contributed by atoms with Gasteiger partial charge in [0.1, 0.15) is 0 Å². The van der Waals surface area contributed by atoms with E-state index in [2.05, 4.69) is 20.9 Å². The zero-order chi connectivity index (χ0) is 13.2. The van der Waals surface area contributed by atoms with Gasteiger partial charge in [-0.3, -0.25) is 0 Å². The topological polar surface area (TPSA) is 33.1 Å². The van der Waals surface area contributed by atoms with Gasteiger partial charge < -0.3 is 5.11 Å². The molecule has 4 heteroatoms. The molecule has 1 aromatic heterocycles. The Morgan fingerprint density at radius 1 is 1.44 bits per heavy atom. The second kappa shape index (κ2) is 5.51. The summed E-state index contributed by atoms with van der Waals surface area (Å²) >= 11 is 5.06. The van der Waals surface area contributed by atoms with Crippen LogP contribution in [0, 0.1) is 6.92 Å². The Bertz CT molecular complexity index is 540. The lowest BCUT2D eigenvalue weighted by Crippen LogP contribution is -2.27. The van der Waals surface area contributed by atoms with Crippen molar-refractivity contribution in [3.63, 3.8) is 0 Å². The van der Waals surface area contributed by atoms with Gasteiger partial charge in [-0.1, -0.05) is 35.0 Å². The second-order valence-electron chi connectivity index (χ2n) is 4.45. The summed E-state index contributed by atoms with van der Waals surface area (Å²) < 4.78 is 0.988. The summed E-state index contributed by atoms with van der Waals surface area (Å²) in [5.41, 5.74) is 1.11. The van der Waals surface area contributed by atoms with E-state index >= 15 is 0 Å². The minimum absolute atomic E-state index is 0.568. The Morgan fingerprint density at radius 2 is 2.22 bits per heavy atom. The quantitative estimate of drug-likeness (QED) is 0.919. The molecule has 1 aromatic carbocycles. The fraction of sp³-hybridized carbons (Fsp3) is 0.357. The maximum atomic E-state index is 10.8. The number of aliphatic hydroxyl groups is 1. The molecule has 0 aliphatic carbocycles. The van der Waals surface area contributed by atoms with Crippen molar-refractivity contribution >= 4 is 27.3 Å². The minimum Gasteiger partial charge on any atom is -0.385 e. The molecule has 0 saturated heterocycles. The predicted octanol–water partition coefficient (Wildman–Crippen LogP) is 4.05. The van der Waals surface area contributed by atoms with Crippen molar-refractivity contribution in [2.24, 2.45) is 0 Å². The average molecular weight is 326 g/mol. The van der Waals surface area contributed by atoms with Gasteiger partial charge >= 0.3 is 0 Å². The highest BCUT2D eigenvalue weighted by molar-refractivity contribution is 9.10. The lowest BCUT2D eigenvalue weighted by molar-refractivity contribution is 0.0326. The molecule has 0 aliphatic rings. The van der Waals surface area contributed by atoms with Crippen LogP contribution in [0.15, 0.2) is 34.1 Å². The van der Waals surface area contributed by atoms with Crippen LogP contribution in [0.25, 0.3) is 0 Å². The summed E-state index contributed by atoms with van der Waals surface area (Å²) in [6.45, 7) is 3.98. The Balaban J connectivity index is 2.30. The fourth-order valence-electron chi connectivity index (χ4n) is 1.94. The molecule has 0 spiro atoms. The number of thiazole rings is 1. The summed E-state index contributed by atoms with van der Waals surface area (Å²) in [4.78, 5) is 4.44. The average Bonchev–Trinajstić information content (AvgIpc) is 2.74. The third kappa shape index (κ3) is 2.99. The molecule has 0 fully saturated rings. The van der Waals surface area contributed by atoms with E-state index in [1.54, 1.807) is 11.3 Å². The van der Waals surface area contributed by atoms with Crippen molar-refractivity contribution in [2.45, 2.75) is 32.3 Å². The molecule has 18 heavy (non-hydrogen) atoms. The monoisotopic (exact) mass is 325 g/mol. The van der Waals surface area contributed by atoms with Crippen LogP contribution in [0.5, 0.6) is 0 Å². The van der Waals surface area contributed by atoms with E-state index in [0.717, 1.165) is 20.7 Å². The van der Waals surface area contributed by atoms with Gasteiger partial charge in [-0.2, -0.15) is 0 Å². The first-order valence-corrected chi connectivity index (χ1v) is 7.60. The molecule has 0 saturated carbocycles. The van der Waals surface area contributed by atoms with Gasteiger partial charge in [-0.25, -0.2) is 4.98 Å². The number of aryl methyl sites for hydroxylation is 1. The van der Waals surface area contributed by atoms with Crippen LogP contribution in [0.4, 0.5) is 0 Å².